The number of hydrogen-bond donors (Lipinski definition) is 0. The van der Waals surface area contributed by atoms with Crippen molar-refractivity contribution in [3.8, 4) is 22.3 Å². The SMILES string of the molecule is c1cc(-c2ccc(N(c3cccc4sc5ccccc5c34)c3cccc4sc5ccccc5c34)cc2)cc(-c2ccc3ccccc3c2)c1. The number of anilines is 3. The quantitative estimate of drug-likeness (QED) is 0.178. The molecule has 10 rings (SSSR count). The van der Waals surface area contributed by atoms with E-state index in [1.165, 1.54) is 84.7 Å². The highest BCUT2D eigenvalue weighted by Gasteiger charge is 2.22. The first kappa shape index (κ1) is 28.3. The van der Waals surface area contributed by atoms with Crippen molar-refractivity contribution in [2.45, 2.75) is 0 Å². The van der Waals surface area contributed by atoms with Gasteiger partial charge in [0.2, 0.25) is 0 Å². The lowest BCUT2D eigenvalue weighted by Gasteiger charge is -2.27. The Morgan fingerprint density at radius 3 is 1.47 bits per heavy atom. The van der Waals surface area contributed by atoms with E-state index in [2.05, 4.69) is 181 Å². The zero-order valence-corrected chi connectivity index (χ0v) is 28.1. The van der Waals surface area contributed by atoms with E-state index < -0.39 is 0 Å². The first-order chi connectivity index (χ1) is 24.3. The van der Waals surface area contributed by atoms with Crippen LogP contribution in [-0.4, -0.2) is 0 Å². The number of thiophene rings is 2. The Morgan fingerprint density at radius 1 is 0.327 bits per heavy atom. The van der Waals surface area contributed by atoms with E-state index in [9.17, 15) is 0 Å². The first-order valence-electron chi connectivity index (χ1n) is 16.6. The summed E-state index contributed by atoms with van der Waals surface area (Å²) in [6.45, 7) is 0. The Hall–Kier alpha value is -5.74. The van der Waals surface area contributed by atoms with Crippen LogP contribution in [0.3, 0.4) is 0 Å². The van der Waals surface area contributed by atoms with Crippen LogP contribution in [0.25, 0.3) is 73.4 Å². The fraction of sp³-hybridized carbons (Fsp3) is 0. The Kier molecular flexibility index (Phi) is 6.61. The molecule has 0 saturated carbocycles. The largest absolute Gasteiger partial charge is 0.309 e. The molecule has 0 fully saturated rings. The minimum absolute atomic E-state index is 1.14. The number of benzene rings is 8. The molecular formula is C46H29NS2. The van der Waals surface area contributed by atoms with Gasteiger partial charge in [-0.15, -0.1) is 22.7 Å². The van der Waals surface area contributed by atoms with E-state index in [0.29, 0.717) is 0 Å². The highest BCUT2D eigenvalue weighted by atomic mass is 32.1. The fourth-order valence-corrected chi connectivity index (χ4v) is 9.60. The van der Waals surface area contributed by atoms with E-state index in [-0.39, 0.29) is 0 Å². The highest BCUT2D eigenvalue weighted by Crippen LogP contribution is 2.49. The van der Waals surface area contributed by atoms with Gasteiger partial charge in [0.1, 0.15) is 0 Å². The predicted molar refractivity (Wildman–Crippen MR) is 215 cm³/mol. The van der Waals surface area contributed by atoms with Crippen molar-refractivity contribution in [2.75, 3.05) is 4.90 Å². The lowest BCUT2D eigenvalue weighted by molar-refractivity contribution is 1.32. The molecule has 0 N–H and O–H groups in total. The molecule has 0 aliphatic heterocycles. The maximum Gasteiger partial charge on any atom is 0.0555 e. The normalized spacial score (nSPS) is 11.7. The highest BCUT2D eigenvalue weighted by molar-refractivity contribution is 7.26. The average Bonchev–Trinajstić information content (AvgIpc) is 3.74. The lowest BCUT2D eigenvalue weighted by Crippen LogP contribution is -2.10. The molecule has 0 aliphatic carbocycles. The molecule has 2 aromatic heterocycles. The molecule has 49 heavy (non-hydrogen) atoms. The molecule has 1 nitrogen and oxygen atoms in total. The Morgan fingerprint density at radius 2 is 0.816 bits per heavy atom. The van der Waals surface area contributed by atoms with Gasteiger partial charge in [0.05, 0.1) is 11.4 Å². The van der Waals surface area contributed by atoms with Gasteiger partial charge in [0.15, 0.2) is 0 Å². The third-order valence-electron chi connectivity index (χ3n) is 9.65. The first-order valence-corrected chi connectivity index (χ1v) is 18.2. The standard InChI is InChI=1S/C46H29NS2/c1-2-11-32-29-35(23-22-30(32)10-1)34-13-7-12-33(28-34)31-24-26-36(27-25-31)47(39-16-8-20-43-45(39)37-14-3-5-18-41(37)48-43)40-17-9-21-44-46(40)38-15-4-6-19-42(38)49-44/h1-29H. The van der Waals surface area contributed by atoms with E-state index in [0.717, 1.165) is 5.69 Å². The molecule has 0 bridgehead atoms. The summed E-state index contributed by atoms with van der Waals surface area (Å²) >= 11 is 3.73. The van der Waals surface area contributed by atoms with Crippen LogP contribution in [0.1, 0.15) is 0 Å². The van der Waals surface area contributed by atoms with Crippen LogP contribution >= 0.6 is 22.7 Å². The van der Waals surface area contributed by atoms with Gasteiger partial charge in [0, 0.05) is 46.0 Å². The topological polar surface area (TPSA) is 3.24 Å². The Balaban J connectivity index is 1.14. The molecule has 0 aliphatic rings. The summed E-state index contributed by atoms with van der Waals surface area (Å²) in [5.41, 5.74) is 8.40. The molecule has 10 aromatic rings. The van der Waals surface area contributed by atoms with E-state index in [1.54, 1.807) is 0 Å². The smallest absolute Gasteiger partial charge is 0.0555 e. The summed E-state index contributed by atoms with van der Waals surface area (Å²) in [5, 5.41) is 7.72. The number of hydrogen-bond acceptors (Lipinski definition) is 3. The summed E-state index contributed by atoms with van der Waals surface area (Å²) in [4.78, 5) is 2.48. The summed E-state index contributed by atoms with van der Waals surface area (Å²) in [6, 6.07) is 64.4. The van der Waals surface area contributed by atoms with Crippen molar-refractivity contribution in [2.24, 2.45) is 0 Å². The second-order valence-corrected chi connectivity index (χ2v) is 14.7. The van der Waals surface area contributed by atoms with Gasteiger partial charge < -0.3 is 4.90 Å². The average molecular weight is 660 g/mol. The summed E-state index contributed by atoms with van der Waals surface area (Å²) in [5.74, 6) is 0. The van der Waals surface area contributed by atoms with Crippen LogP contribution in [0.15, 0.2) is 176 Å². The molecule has 8 aromatic carbocycles. The van der Waals surface area contributed by atoms with Crippen molar-refractivity contribution in [3.63, 3.8) is 0 Å². The summed E-state index contributed by atoms with van der Waals surface area (Å²) in [7, 11) is 0. The van der Waals surface area contributed by atoms with Crippen LogP contribution in [0, 0.1) is 0 Å². The third-order valence-corrected chi connectivity index (χ3v) is 11.9. The fourth-order valence-electron chi connectivity index (χ4n) is 7.34. The predicted octanol–water partition coefficient (Wildman–Crippen LogP) is 14.4. The Bertz CT molecular complexity index is 2730. The van der Waals surface area contributed by atoms with Crippen molar-refractivity contribution < 1.29 is 0 Å². The maximum absolute atomic E-state index is 2.48. The second kappa shape index (κ2) is 11.5. The summed E-state index contributed by atoms with van der Waals surface area (Å²) < 4.78 is 5.22. The number of nitrogens with zero attached hydrogens (tertiary/aromatic N) is 1. The minimum atomic E-state index is 1.14. The molecule has 0 unspecified atom stereocenters. The van der Waals surface area contributed by atoms with Crippen molar-refractivity contribution in [3.05, 3.63) is 176 Å². The molecule has 230 valence electrons. The van der Waals surface area contributed by atoms with Crippen LogP contribution in [-0.2, 0) is 0 Å². The monoisotopic (exact) mass is 659 g/mol. The van der Waals surface area contributed by atoms with Crippen molar-refractivity contribution >= 4 is 90.9 Å². The summed E-state index contributed by atoms with van der Waals surface area (Å²) in [6.07, 6.45) is 0. The number of fused-ring (bicyclic) bond motifs is 7. The zero-order valence-electron chi connectivity index (χ0n) is 26.5. The van der Waals surface area contributed by atoms with Crippen LogP contribution in [0.4, 0.5) is 17.1 Å². The van der Waals surface area contributed by atoms with Crippen LogP contribution in [0.2, 0.25) is 0 Å². The molecular weight excluding hydrogens is 631 g/mol. The van der Waals surface area contributed by atoms with Gasteiger partial charge in [-0.2, -0.15) is 0 Å². The Labute approximate surface area is 292 Å². The van der Waals surface area contributed by atoms with Crippen LogP contribution in [0.5, 0.6) is 0 Å². The molecule has 0 amide bonds. The molecule has 0 atom stereocenters. The van der Waals surface area contributed by atoms with Gasteiger partial charge in [0.25, 0.3) is 0 Å². The van der Waals surface area contributed by atoms with Gasteiger partial charge in [-0.1, -0.05) is 115 Å². The van der Waals surface area contributed by atoms with Gasteiger partial charge in [-0.05, 0) is 93.7 Å². The van der Waals surface area contributed by atoms with Crippen LogP contribution < -0.4 is 4.90 Å². The van der Waals surface area contributed by atoms with E-state index in [1.807, 2.05) is 22.7 Å². The molecule has 3 heteroatoms. The van der Waals surface area contributed by atoms with E-state index >= 15 is 0 Å². The minimum Gasteiger partial charge on any atom is -0.309 e. The van der Waals surface area contributed by atoms with Crippen molar-refractivity contribution in [1.82, 2.24) is 0 Å². The maximum atomic E-state index is 2.48. The van der Waals surface area contributed by atoms with E-state index in [4.69, 9.17) is 0 Å². The molecule has 0 spiro atoms. The zero-order chi connectivity index (χ0) is 32.3. The number of rotatable bonds is 5. The third kappa shape index (κ3) is 4.74. The van der Waals surface area contributed by atoms with Gasteiger partial charge in [-0.25, -0.2) is 0 Å². The van der Waals surface area contributed by atoms with Gasteiger partial charge in [-0.3, -0.25) is 0 Å². The lowest BCUT2D eigenvalue weighted by atomic mass is 9.97. The molecule has 0 saturated heterocycles. The molecule has 2 heterocycles. The van der Waals surface area contributed by atoms with Crippen molar-refractivity contribution in [1.29, 1.82) is 0 Å². The van der Waals surface area contributed by atoms with Gasteiger partial charge >= 0.3 is 0 Å². The second-order valence-electron chi connectivity index (χ2n) is 12.5. The molecule has 0 radical (unpaired) electrons.